The molecular formula is C21H26FNO3. The maximum absolute atomic E-state index is 13.0. The molecule has 0 radical (unpaired) electrons. The molecule has 0 aliphatic carbocycles. The lowest BCUT2D eigenvalue weighted by molar-refractivity contribution is -0.128. The molecule has 4 nitrogen and oxygen atoms in total. The molecule has 0 aromatic heterocycles. The predicted molar refractivity (Wildman–Crippen MR) is 100 cm³/mol. The van der Waals surface area contributed by atoms with E-state index in [4.69, 9.17) is 9.47 Å². The second-order valence-corrected chi connectivity index (χ2v) is 6.17. The second kappa shape index (κ2) is 9.22. The maximum atomic E-state index is 13.0. The molecule has 0 bridgehead atoms. The second-order valence-electron chi connectivity index (χ2n) is 6.17. The average Bonchev–Trinajstić information content (AvgIpc) is 2.65. The first-order chi connectivity index (χ1) is 12.5. The molecule has 0 saturated carbocycles. The fourth-order valence-electron chi connectivity index (χ4n) is 2.80. The third kappa shape index (κ3) is 4.97. The molecule has 2 aromatic carbocycles. The van der Waals surface area contributed by atoms with Crippen molar-refractivity contribution < 1.29 is 18.7 Å². The Morgan fingerprint density at radius 1 is 1.12 bits per heavy atom. The van der Waals surface area contributed by atoms with Crippen molar-refractivity contribution in [3.05, 3.63) is 59.4 Å². The third-order valence-electron chi connectivity index (χ3n) is 4.30. The van der Waals surface area contributed by atoms with E-state index in [1.54, 1.807) is 7.11 Å². The Balaban J connectivity index is 2.08. The highest BCUT2D eigenvalue weighted by molar-refractivity contribution is 5.81. The van der Waals surface area contributed by atoms with Crippen molar-refractivity contribution in [2.75, 3.05) is 7.11 Å². The van der Waals surface area contributed by atoms with Gasteiger partial charge in [-0.25, -0.2) is 4.39 Å². The van der Waals surface area contributed by atoms with Gasteiger partial charge in [0.25, 0.3) is 5.91 Å². The summed E-state index contributed by atoms with van der Waals surface area (Å²) in [6.07, 6.45) is 0.639. The van der Waals surface area contributed by atoms with Crippen LogP contribution >= 0.6 is 0 Å². The smallest absolute Gasteiger partial charge is 0.261 e. The van der Waals surface area contributed by atoms with E-state index in [1.807, 2.05) is 39.0 Å². The summed E-state index contributed by atoms with van der Waals surface area (Å²) in [4.78, 5) is 12.7. The highest BCUT2D eigenvalue weighted by Gasteiger charge is 2.22. The van der Waals surface area contributed by atoms with Crippen LogP contribution in [0.2, 0.25) is 0 Å². The van der Waals surface area contributed by atoms with E-state index < -0.39 is 6.10 Å². The molecule has 0 fully saturated rings. The van der Waals surface area contributed by atoms with E-state index in [-0.39, 0.29) is 17.8 Å². The quantitative estimate of drug-likeness (QED) is 0.751. The first-order valence-electron chi connectivity index (χ1n) is 8.85. The number of rotatable bonds is 8. The van der Waals surface area contributed by atoms with E-state index in [0.29, 0.717) is 12.2 Å². The Kier molecular flexibility index (Phi) is 7.01. The fraction of sp³-hybridized carbons (Fsp3) is 0.381. The van der Waals surface area contributed by atoms with Gasteiger partial charge in [0.1, 0.15) is 17.3 Å². The fourth-order valence-corrected chi connectivity index (χ4v) is 2.80. The summed E-state index contributed by atoms with van der Waals surface area (Å²) in [5.74, 6) is 0.774. The van der Waals surface area contributed by atoms with Crippen LogP contribution in [0.15, 0.2) is 42.5 Å². The Morgan fingerprint density at radius 3 is 2.35 bits per heavy atom. The molecule has 2 unspecified atom stereocenters. The zero-order valence-electron chi connectivity index (χ0n) is 15.7. The molecule has 2 rings (SSSR count). The van der Waals surface area contributed by atoms with Crippen LogP contribution in [0.1, 0.15) is 43.9 Å². The van der Waals surface area contributed by atoms with Crippen LogP contribution in [-0.4, -0.2) is 19.1 Å². The zero-order chi connectivity index (χ0) is 19.1. The lowest BCUT2D eigenvalue weighted by atomic mass is 10.0. The van der Waals surface area contributed by atoms with Crippen LogP contribution in [0.3, 0.4) is 0 Å². The van der Waals surface area contributed by atoms with Crippen molar-refractivity contribution in [2.24, 2.45) is 0 Å². The normalized spacial score (nSPS) is 13.0. The molecule has 0 spiro atoms. The monoisotopic (exact) mass is 359 g/mol. The van der Waals surface area contributed by atoms with Crippen LogP contribution in [0.25, 0.3) is 0 Å². The minimum atomic E-state index is -0.631. The Hall–Kier alpha value is -2.56. The van der Waals surface area contributed by atoms with Crippen molar-refractivity contribution in [1.82, 2.24) is 5.32 Å². The molecule has 0 heterocycles. The lowest BCUT2D eigenvalue weighted by Gasteiger charge is -2.23. The van der Waals surface area contributed by atoms with Crippen LogP contribution in [-0.2, 0) is 4.79 Å². The lowest BCUT2D eigenvalue weighted by Crippen LogP contribution is -2.40. The number of carbonyl (C=O) groups is 1. The van der Waals surface area contributed by atoms with Crippen LogP contribution < -0.4 is 14.8 Å². The van der Waals surface area contributed by atoms with Gasteiger partial charge < -0.3 is 14.8 Å². The van der Waals surface area contributed by atoms with Crippen molar-refractivity contribution in [1.29, 1.82) is 0 Å². The van der Waals surface area contributed by atoms with Crippen LogP contribution in [0.4, 0.5) is 4.39 Å². The number of halogens is 1. The Bertz CT molecular complexity index is 731. The summed E-state index contributed by atoms with van der Waals surface area (Å²) in [5, 5.41) is 3.05. The standard InChI is InChI=1S/C21H26FNO3/c1-5-18(15-7-12-20(25-4)14(3)13-15)23-21(24)19(6-2)26-17-10-8-16(22)9-11-17/h7-13,18-19H,5-6H2,1-4H3,(H,23,24). The molecule has 26 heavy (non-hydrogen) atoms. The minimum Gasteiger partial charge on any atom is -0.496 e. The summed E-state index contributed by atoms with van der Waals surface area (Å²) < 4.78 is 24.0. The van der Waals surface area contributed by atoms with Gasteiger partial charge in [0.2, 0.25) is 0 Å². The summed E-state index contributed by atoms with van der Waals surface area (Å²) >= 11 is 0. The number of hydrogen-bond donors (Lipinski definition) is 1. The number of aryl methyl sites for hydroxylation is 1. The first-order valence-corrected chi connectivity index (χ1v) is 8.85. The Labute approximate surface area is 154 Å². The van der Waals surface area contributed by atoms with Gasteiger partial charge in [-0.05, 0) is 61.2 Å². The van der Waals surface area contributed by atoms with Gasteiger partial charge in [0.05, 0.1) is 13.2 Å². The van der Waals surface area contributed by atoms with Gasteiger partial charge in [-0.15, -0.1) is 0 Å². The number of carbonyl (C=O) groups excluding carboxylic acids is 1. The van der Waals surface area contributed by atoms with Crippen molar-refractivity contribution >= 4 is 5.91 Å². The molecule has 1 amide bonds. The van der Waals surface area contributed by atoms with Crippen molar-refractivity contribution in [3.8, 4) is 11.5 Å². The highest BCUT2D eigenvalue weighted by atomic mass is 19.1. The van der Waals surface area contributed by atoms with E-state index in [1.165, 1.54) is 24.3 Å². The highest BCUT2D eigenvalue weighted by Crippen LogP contribution is 2.24. The number of methoxy groups -OCH3 is 1. The van der Waals surface area contributed by atoms with Crippen LogP contribution in [0, 0.1) is 12.7 Å². The molecule has 2 aromatic rings. The Morgan fingerprint density at radius 2 is 1.81 bits per heavy atom. The maximum Gasteiger partial charge on any atom is 0.261 e. The largest absolute Gasteiger partial charge is 0.496 e. The number of nitrogens with one attached hydrogen (secondary N) is 1. The van der Waals surface area contributed by atoms with E-state index in [0.717, 1.165) is 23.3 Å². The summed E-state index contributed by atoms with van der Waals surface area (Å²) in [5.41, 5.74) is 2.04. The van der Waals surface area contributed by atoms with Gasteiger partial charge in [-0.2, -0.15) is 0 Å². The number of ether oxygens (including phenoxy) is 2. The molecule has 5 heteroatoms. The summed E-state index contributed by atoms with van der Waals surface area (Å²) in [6, 6.07) is 11.5. The molecule has 0 saturated heterocycles. The van der Waals surface area contributed by atoms with Crippen LogP contribution in [0.5, 0.6) is 11.5 Å². The molecule has 0 aliphatic rings. The average molecular weight is 359 g/mol. The van der Waals surface area contributed by atoms with Gasteiger partial charge >= 0.3 is 0 Å². The summed E-state index contributed by atoms with van der Waals surface area (Å²) in [6.45, 7) is 5.88. The van der Waals surface area contributed by atoms with Crippen molar-refractivity contribution in [2.45, 2.75) is 45.8 Å². The van der Waals surface area contributed by atoms with Gasteiger partial charge in [0.15, 0.2) is 6.10 Å². The third-order valence-corrected chi connectivity index (χ3v) is 4.30. The molecule has 1 N–H and O–H groups in total. The van der Waals surface area contributed by atoms with E-state index >= 15 is 0 Å². The van der Waals surface area contributed by atoms with Gasteiger partial charge in [-0.1, -0.05) is 26.0 Å². The SMILES string of the molecule is CCC(Oc1ccc(F)cc1)C(=O)NC(CC)c1ccc(OC)c(C)c1. The molecule has 0 aliphatic heterocycles. The summed E-state index contributed by atoms with van der Waals surface area (Å²) in [7, 11) is 1.64. The number of hydrogen-bond acceptors (Lipinski definition) is 3. The van der Waals surface area contributed by atoms with Gasteiger partial charge in [-0.3, -0.25) is 4.79 Å². The predicted octanol–water partition coefficient (Wildman–Crippen LogP) is 4.57. The number of benzene rings is 2. The van der Waals surface area contributed by atoms with Gasteiger partial charge in [0, 0.05) is 0 Å². The topological polar surface area (TPSA) is 47.6 Å². The minimum absolute atomic E-state index is 0.113. The molecule has 140 valence electrons. The molecular weight excluding hydrogens is 333 g/mol. The van der Waals surface area contributed by atoms with E-state index in [2.05, 4.69) is 5.32 Å². The zero-order valence-corrected chi connectivity index (χ0v) is 15.7. The first kappa shape index (κ1) is 19.8. The van der Waals surface area contributed by atoms with E-state index in [9.17, 15) is 9.18 Å². The van der Waals surface area contributed by atoms with Crippen molar-refractivity contribution in [3.63, 3.8) is 0 Å². The molecule has 2 atom stereocenters. The number of amides is 1.